The van der Waals surface area contributed by atoms with Gasteiger partial charge in [0.2, 0.25) is 0 Å². The number of nitrogens with two attached hydrogens (primary N) is 1. The van der Waals surface area contributed by atoms with Crippen LogP contribution >= 0.6 is 15.9 Å². The zero-order chi connectivity index (χ0) is 17.6. The topological polar surface area (TPSA) is 60.4 Å². The standard InChI is InChI=1S/C20H21BrN2O2/c1-24-16-10-8-15(9-11-16)23-20(19-7-4-12-25-19)18(22)13-14-5-2-3-6-17(14)21/h2-12,18,20,23H,13,22H2,1H3/t18-,20-/m0/s1. The lowest BCUT2D eigenvalue weighted by molar-refractivity contribution is 0.414. The number of ether oxygens (including phenoxy) is 1. The van der Waals surface area contributed by atoms with Crippen molar-refractivity contribution in [1.82, 2.24) is 0 Å². The van der Waals surface area contributed by atoms with Gasteiger partial charge in [-0.2, -0.15) is 0 Å². The van der Waals surface area contributed by atoms with Gasteiger partial charge in [0, 0.05) is 16.2 Å². The lowest BCUT2D eigenvalue weighted by Gasteiger charge is -2.25. The van der Waals surface area contributed by atoms with Gasteiger partial charge in [0.25, 0.3) is 0 Å². The van der Waals surface area contributed by atoms with Gasteiger partial charge in [-0.25, -0.2) is 0 Å². The van der Waals surface area contributed by atoms with E-state index in [9.17, 15) is 0 Å². The van der Waals surface area contributed by atoms with E-state index in [1.54, 1.807) is 13.4 Å². The highest BCUT2D eigenvalue weighted by Crippen LogP contribution is 2.27. The summed E-state index contributed by atoms with van der Waals surface area (Å²) in [5, 5.41) is 3.48. The van der Waals surface area contributed by atoms with Crippen molar-refractivity contribution in [3.63, 3.8) is 0 Å². The van der Waals surface area contributed by atoms with Crippen LogP contribution in [0.5, 0.6) is 5.75 Å². The molecule has 130 valence electrons. The van der Waals surface area contributed by atoms with Crippen LogP contribution in [0.2, 0.25) is 0 Å². The molecule has 3 N–H and O–H groups in total. The monoisotopic (exact) mass is 400 g/mol. The zero-order valence-electron chi connectivity index (χ0n) is 14.0. The van der Waals surface area contributed by atoms with Gasteiger partial charge in [-0.05, 0) is 54.4 Å². The number of halogens is 1. The molecule has 5 heteroatoms. The predicted molar refractivity (Wildman–Crippen MR) is 104 cm³/mol. The second-order valence-corrected chi connectivity index (χ2v) is 6.68. The highest BCUT2D eigenvalue weighted by Gasteiger charge is 2.23. The van der Waals surface area contributed by atoms with E-state index in [0.29, 0.717) is 0 Å². The first-order chi connectivity index (χ1) is 12.2. The van der Waals surface area contributed by atoms with Crippen LogP contribution in [0.3, 0.4) is 0 Å². The highest BCUT2D eigenvalue weighted by molar-refractivity contribution is 9.10. The predicted octanol–water partition coefficient (Wildman–Crippen LogP) is 4.77. The molecule has 0 fully saturated rings. The Morgan fingerprint density at radius 2 is 1.84 bits per heavy atom. The number of hydrogen-bond donors (Lipinski definition) is 2. The summed E-state index contributed by atoms with van der Waals surface area (Å²) < 4.78 is 11.9. The Morgan fingerprint density at radius 1 is 1.08 bits per heavy atom. The second kappa shape index (κ2) is 8.23. The largest absolute Gasteiger partial charge is 0.497 e. The normalized spacial score (nSPS) is 13.2. The van der Waals surface area contributed by atoms with Gasteiger partial charge in [-0.15, -0.1) is 0 Å². The first-order valence-corrected chi connectivity index (χ1v) is 8.89. The Hall–Kier alpha value is -2.24. The summed E-state index contributed by atoms with van der Waals surface area (Å²) in [6.07, 6.45) is 2.39. The van der Waals surface area contributed by atoms with E-state index in [-0.39, 0.29) is 12.1 Å². The lowest BCUT2D eigenvalue weighted by atomic mass is 9.98. The first kappa shape index (κ1) is 17.6. The lowest BCUT2D eigenvalue weighted by Crippen LogP contribution is -2.35. The molecule has 25 heavy (non-hydrogen) atoms. The molecular formula is C20H21BrN2O2. The van der Waals surface area contributed by atoms with Gasteiger partial charge in [0.1, 0.15) is 11.5 Å². The molecule has 0 radical (unpaired) electrons. The first-order valence-electron chi connectivity index (χ1n) is 8.10. The van der Waals surface area contributed by atoms with Crippen molar-refractivity contribution in [1.29, 1.82) is 0 Å². The minimum atomic E-state index is -0.160. The Morgan fingerprint density at radius 3 is 2.48 bits per heavy atom. The van der Waals surface area contributed by atoms with Gasteiger partial charge < -0.3 is 20.2 Å². The molecule has 3 aromatic rings. The minimum Gasteiger partial charge on any atom is -0.497 e. The average Bonchev–Trinajstić information content (AvgIpc) is 3.16. The van der Waals surface area contributed by atoms with Gasteiger partial charge in [-0.1, -0.05) is 34.1 Å². The van der Waals surface area contributed by atoms with Crippen LogP contribution in [0.4, 0.5) is 5.69 Å². The van der Waals surface area contributed by atoms with E-state index in [4.69, 9.17) is 14.9 Å². The summed E-state index contributed by atoms with van der Waals surface area (Å²) in [6, 6.07) is 19.4. The zero-order valence-corrected chi connectivity index (χ0v) is 15.6. The van der Waals surface area contributed by atoms with Gasteiger partial charge in [-0.3, -0.25) is 0 Å². The van der Waals surface area contributed by atoms with Gasteiger partial charge >= 0.3 is 0 Å². The highest BCUT2D eigenvalue weighted by atomic mass is 79.9. The maximum absolute atomic E-state index is 6.55. The van der Waals surface area contributed by atoms with Crippen molar-refractivity contribution in [2.45, 2.75) is 18.5 Å². The van der Waals surface area contributed by atoms with Crippen LogP contribution in [0.1, 0.15) is 17.4 Å². The third kappa shape index (κ3) is 4.44. The van der Waals surface area contributed by atoms with Crippen LogP contribution in [0.15, 0.2) is 75.8 Å². The molecule has 2 atom stereocenters. The SMILES string of the molecule is COc1ccc(N[C@H](c2ccco2)[C@@H](N)Cc2ccccc2Br)cc1. The Balaban J connectivity index is 1.80. The maximum atomic E-state index is 6.55. The van der Waals surface area contributed by atoms with Crippen molar-refractivity contribution in [3.05, 3.63) is 82.7 Å². The molecular weight excluding hydrogens is 380 g/mol. The molecule has 0 unspecified atom stereocenters. The number of hydrogen-bond acceptors (Lipinski definition) is 4. The quantitative estimate of drug-likeness (QED) is 0.599. The fourth-order valence-corrected chi connectivity index (χ4v) is 3.21. The number of anilines is 1. The molecule has 4 nitrogen and oxygen atoms in total. The molecule has 1 heterocycles. The molecule has 0 saturated heterocycles. The Labute approximate surface area is 156 Å². The van der Waals surface area contributed by atoms with E-state index >= 15 is 0 Å². The molecule has 0 spiro atoms. The third-order valence-corrected chi connectivity index (χ3v) is 4.88. The van der Waals surface area contributed by atoms with E-state index in [1.165, 1.54) is 5.56 Å². The van der Waals surface area contributed by atoms with Crippen LogP contribution in [0, 0.1) is 0 Å². The summed E-state index contributed by atoms with van der Waals surface area (Å²) in [5.41, 5.74) is 8.68. The van der Waals surface area contributed by atoms with Crippen LogP contribution in [0.25, 0.3) is 0 Å². The Bertz CT molecular complexity index is 788. The van der Waals surface area contributed by atoms with E-state index in [1.807, 2.05) is 54.6 Å². The summed E-state index contributed by atoms with van der Waals surface area (Å²) in [7, 11) is 1.65. The molecule has 0 aliphatic heterocycles. The molecule has 0 saturated carbocycles. The summed E-state index contributed by atoms with van der Waals surface area (Å²) >= 11 is 3.59. The summed E-state index contributed by atoms with van der Waals surface area (Å²) in [4.78, 5) is 0. The van der Waals surface area contributed by atoms with Crippen molar-refractivity contribution < 1.29 is 9.15 Å². The molecule has 1 aromatic heterocycles. The van der Waals surface area contributed by atoms with Crippen molar-refractivity contribution in [2.75, 3.05) is 12.4 Å². The molecule has 0 aliphatic rings. The van der Waals surface area contributed by atoms with Crippen LogP contribution in [-0.2, 0) is 6.42 Å². The number of furan rings is 1. The average molecular weight is 401 g/mol. The molecule has 0 bridgehead atoms. The second-order valence-electron chi connectivity index (χ2n) is 5.83. The minimum absolute atomic E-state index is 0.143. The summed E-state index contributed by atoms with van der Waals surface area (Å²) in [6.45, 7) is 0. The van der Waals surface area contributed by atoms with Gasteiger partial charge in [0.05, 0.1) is 19.4 Å². The van der Waals surface area contributed by atoms with Crippen LogP contribution < -0.4 is 15.8 Å². The number of rotatable bonds is 7. The maximum Gasteiger partial charge on any atom is 0.127 e. The van der Waals surface area contributed by atoms with E-state index in [2.05, 4.69) is 27.3 Å². The fraction of sp³-hybridized carbons (Fsp3) is 0.200. The van der Waals surface area contributed by atoms with Crippen molar-refractivity contribution >= 4 is 21.6 Å². The number of nitrogens with one attached hydrogen (secondary N) is 1. The molecule has 2 aromatic carbocycles. The molecule has 3 rings (SSSR count). The van der Waals surface area contributed by atoms with Gasteiger partial charge in [0.15, 0.2) is 0 Å². The van der Waals surface area contributed by atoms with Crippen molar-refractivity contribution in [2.24, 2.45) is 5.73 Å². The molecule has 0 amide bonds. The van der Waals surface area contributed by atoms with Crippen LogP contribution in [-0.4, -0.2) is 13.2 Å². The van der Waals surface area contributed by atoms with E-state index in [0.717, 1.165) is 28.1 Å². The number of benzene rings is 2. The van der Waals surface area contributed by atoms with E-state index < -0.39 is 0 Å². The molecule has 0 aliphatic carbocycles. The number of methoxy groups -OCH3 is 1. The third-order valence-electron chi connectivity index (χ3n) is 4.10. The Kier molecular flexibility index (Phi) is 5.79. The summed E-state index contributed by atoms with van der Waals surface area (Å²) in [5.74, 6) is 1.63. The fourth-order valence-electron chi connectivity index (χ4n) is 2.76. The van der Waals surface area contributed by atoms with Crippen molar-refractivity contribution in [3.8, 4) is 5.75 Å². The smallest absolute Gasteiger partial charge is 0.127 e.